The molecule has 0 aliphatic carbocycles. The molecule has 6 nitrogen and oxygen atoms in total. The van der Waals surface area contributed by atoms with Gasteiger partial charge in [-0.15, -0.1) is 0 Å². The molecule has 2 aromatic carbocycles. The Bertz CT molecular complexity index is 996. The molecule has 0 atom stereocenters. The summed E-state index contributed by atoms with van der Waals surface area (Å²) < 4.78 is 11.2. The highest BCUT2D eigenvalue weighted by Gasteiger charge is 2.21. The molecule has 0 radical (unpaired) electrons. The molecule has 150 valence electrons. The predicted octanol–water partition coefficient (Wildman–Crippen LogP) is 4.69. The van der Waals surface area contributed by atoms with Crippen LogP contribution < -0.4 is 4.74 Å². The Labute approximate surface area is 174 Å². The smallest absolute Gasteiger partial charge is 0.260 e. The summed E-state index contributed by atoms with van der Waals surface area (Å²) in [7, 11) is 0. The summed E-state index contributed by atoms with van der Waals surface area (Å²) in [4.78, 5) is 18.8. The van der Waals surface area contributed by atoms with Gasteiger partial charge in [0, 0.05) is 23.7 Å². The number of halogens is 1. The molecule has 29 heavy (non-hydrogen) atoms. The van der Waals surface area contributed by atoms with Crippen molar-refractivity contribution < 1.29 is 14.1 Å². The molecule has 0 saturated carbocycles. The van der Waals surface area contributed by atoms with Crippen molar-refractivity contribution in [1.29, 1.82) is 0 Å². The van der Waals surface area contributed by atoms with E-state index in [1.807, 2.05) is 35.2 Å². The first kappa shape index (κ1) is 19.5. The van der Waals surface area contributed by atoms with Crippen molar-refractivity contribution in [2.45, 2.75) is 19.8 Å². The Balaban J connectivity index is 1.48. The maximum Gasteiger partial charge on any atom is 0.260 e. The Kier molecular flexibility index (Phi) is 5.81. The molecule has 0 spiro atoms. The zero-order valence-corrected chi connectivity index (χ0v) is 16.9. The Morgan fingerprint density at radius 3 is 2.79 bits per heavy atom. The van der Waals surface area contributed by atoms with E-state index in [4.69, 9.17) is 20.9 Å². The number of nitrogens with zero attached hydrogens (tertiary/aromatic N) is 3. The molecule has 0 N–H and O–H groups in total. The van der Waals surface area contributed by atoms with Gasteiger partial charge in [-0.3, -0.25) is 4.79 Å². The van der Waals surface area contributed by atoms with Crippen LogP contribution in [-0.2, 0) is 4.79 Å². The van der Waals surface area contributed by atoms with Crippen LogP contribution in [0.4, 0.5) is 0 Å². The molecular formula is C22H22ClN3O3. The molecule has 1 saturated heterocycles. The van der Waals surface area contributed by atoms with Gasteiger partial charge >= 0.3 is 0 Å². The predicted molar refractivity (Wildman–Crippen MR) is 111 cm³/mol. The van der Waals surface area contributed by atoms with Crippen LogP contribution in [0.3, 0.4) is 0 Å². The van der Waals surface area contributed by atoms with Crippen LogP contribution >= 0.6 is 11.6 Å². The molecule has 7 heteroatoms. The maximum atomic E-state index is 12.5. The normalized spacial score (nSPS) is 14.8. The number of amides is 1. The van der Waals surface area contributed by atoms with E-state index in [-0.39, 0.29) is 12.5 Å². The summed E-state index contributed by atoms with van der Waals surface area (Å²) in [5.41, 5.74) is 1.41. The minimum absolute atomic E-state index is 0.000526. The topological polar surface area (TPSA) is 68.5 Å². The van der Waals surface area contributed by atoms with Gasteiger partial charge in [0.15, 0.2) is 6.61 Å². The van der Waals surface area contributed by atoms with Crippen molar-refractivity contribution in [3.63, 3.8) is 0 Å². The number of rotatable bonds is 5. The van der Waals surface area contributed by atoms with E-state index in [0.29, 0.717) is 34.0 Å². The molecule has 2 heterocycles. The second-order valence-corrected chi connectivity index (χ2v) is 7.72. The number of benzene rings is 2. The standard InChI is InChI=1S/C22H22ClN3O3/c1-15-9-11-26(12-10-15)20(27)14-28-19-8-3-2-7-18(19)21-24-22(29-25-21)16-5-4-6-17(23)13-16/h2-8,13,15H,9-12,14H2,1H3. The molecule has 3 aromatic rings. The summed E-state index contributed by atoms with van der Waals surface area (Å²) in [6, 6.07) is 14.6. The van der Waals surface area contributed by atoms with E-state index >= 15 is 0 Å². The molecule has 0 bridgehead atoms. The highest BCUT2D eigenvalue weighted by Crippen LogP contribution is 2.30. The molecule has 1 aliphatic heterocycles. The van der Waals surface area contributed by atoms with Crippen LogP contribution in [-0.4, -0.2) is 40.6 Å². The summed E-state index contributed by atoms with van der Waals surface area (Å²) in [5.74, 6) is 1.99. The second kappa shape index (κ2) is 8.66. The number of para-hydroxylation sites is 1. The van der Waals surface area contributed by atoms with Gasteiger partial charge in [-0.05, 0) is 49.1 Å². The lowest BCUT2D eigenvalue weighted by Gasteiger charge is -2.30. The fraction of sp³-hybridized carbons (Fsp3) is 0.318. The lowest BCUT2D eigenvalue weighted by atomic mass is 9.99. The van der Waals surface area contributed by atoms with Crippen molar-refractivity contribution >= 4 is 17.5 Å². The van der Waals surface area contributed by atoms with Crippen molar-refractivity contribution in [3.05, 3.63) is 53.6 Å². The maximum absolute atomic E-state index is 12.5. The van der Waals surface area contributed by atoms with Gasteiger partial charge in [-0.1, -0.05) is 41.9 Å². The molecule has 1 fully saturated rings. The Morgan fingerprint density at radius 1 is 1.21 bits per heavy atom. The van der Waals surface area contributed by atoms with Crippen LogP contribution in [0.2, 0.25) is 5.02 Å². The van der Waals surface area contributed by atoms with Crippen LogP contribution in [0.15, 0.2) is 53.1 Å². The van der Waals surface area contributed by atoms with Crippen LogP contribution in [0.1, 0.15) is 19.8 Å². The minimum atomic E-state index is -0.00953. The van der Waals surface area contributed by atoms with Gasteiger partial charge in [-0.2, -0.15) is 4.98 Å². The first-order chi connectivity index (χ1) is 14.1. The fourth-order valence-electron chi connectivity index (χ4n) is 3.34. The van der Waals surface area contributed by atoms with Crippen molar-refractivity contribution in [3.8, 4) is 28.6 Å². The largest absolute Gasteiger partial charge is 0.483 e. The van der Waals surface area contributed by atoms with Crippen LogP contribution in [0.25, 0.3) is 22.8 Å². The van der Waals surface area contributed by atoms with E-state index in [2.05, 4.69) is 17.1 Å². The molecule has 1 amide bonds. The van der Waals surface area contributed by atoms with E-state index in [0.717, 1.165) is 31.5 Å². The van der Waals surface area contributed by atoms with E-state index in [9.17, 15) is 4.79 Å². The summed E-state index contributed by atoms with van der Waals surface area (Å²) in [5, 5.41) is 4.67. The Hall–Kier alpha value is -2.86. The summed E-state index contributed by atoms with van der Waals surface area (Å²) in [6.45, 7) is 3.79. The van der Waals surface area contributed by atoms with E-state index < -0.39 is 0 Å². The molecule has 1 aliphatic rings. The third-order valence-electron chi connectivity index (χ3n) is 5.11. The number of piperidine rings is 1. The highest BCUT2D eigenvalue weighted by molar-refractivity contribution is 6.30. The van der Waals surface area contributed by atoms with Crippen LogP contribution in [0.5, 0.6) is 5.75 Å². The van der Waals surface area contributed by atoms with E-state index in [1.165, 1.54) is 0 Å². The monoisotopic (exact) mass is 411 g/mol. The van der Waals surface area contributed by atoms with Crippen molar-refractivity contribution in [2.24, 2.45) is 5.92 Å². The number of carbonyl (C=O) groups excluding carboxylic acids is 1. The van der Waals surface area contributed by atoms with Gasteiger partial charge in [0.2, 0.25) is 5.82 Å². The first-order valence-corrected chi connectivity index (χ1v) is 10.1. The third kappa shape index (κ3) is 4.59. The van der Waals surface area contributed by atoms with Crippen LogP contribution in [0, 0.1) is 5.92 Å². The van der Waals surface area contributed by atoms with Crippen molar-refractivity contribution in [2.75, 3.05) is 19.7 Å². The van der Waals surface area contributed by atoms with Gasteiger partial charge in [0.05, 0.1) is 5.56 Å². The van der Waals surface area contributed by atoms with Gasteiger partial charge in [0.25, 0.3) is 11.8 Å². The van der Waals surface area contributed by atoms with Gasteiger partial charge < -0.3 is 14.2 Å². The molecule has 0 unspecified atom stereocenters. The second-order valence-electron chi connectivity index (χ2n) is 7.28. The van der Waals surface area contributed by atoms with Crippen molar-refractivity contribution in [1.82, 2.24) is 15.0 Å². The SMILES string of the molecule is CC1CCN(C(=O)COc2ccccc2-c2noc(-c3cccc(Cl)c3)n2)CC1. The molecule has 1 aromatic heterocycles. The Morgan fingerprint density at radius 2 is 2.00 bits per heavy atom. The summed E-state index contributed by atoms with van der Waals surface area (Å²) in [6.07, 6.45) is 2.08. The zero-order chi connectivity index (χ0) is 20.2. The highest BCUT2D eigenvalue weighted by atomic mass is 35.5. The first-order valence-electron chi connectivity index (χ1n) is 9.70. The number of ether oxygens (including phenoxy) is 1. The van der Waals surface area contributed by atoms with Gasteiger partial charge in [0.1, 0.15) is 5.75 Å². The number of hydrogen-bond donors (Lipinski definition) is 0. The van der Waals surface area contributed by atoms with E-state index in [1.54, 1.807) is 18.2 Å². The average Bonchev–Trinajstić information content (AvgIpc) is 3.23. The quantitative estimate of drug-likeness (QED) is 0.609. The number of aromatic nitrogens is 2. The average molecular weight is 412 g/mol. The minimum Gasteiger partial charge on any atom is -0.483 e. The molecular weight excluding hydrogens is 390 g/mol. The number of likely N-dealkylation sites (tertiary alicyclic amines) is 1. The third-order valence-corrected chi connectivity index (χ3v) is 5.35. The lowest BCUT2D eigenvalue weighted by molar-refractivity contribution is -0.134. The lowest BCUT2D eigenvalue weighted by Crippen LogP contribution is -2.40. The fourth-order valence-corrected chi connectivity index (χ4v) is 3.53. The summed E-state index contributed by atoms with van der Waals surface area (Å²) >= 11 is 6.04. The number of hydrogen-bond acceptors (Lipinski definition) is 5. The molecule has 4 rings (SSSR count). The zero-order valence-electron chi connectivity index (χ0n) is 16.2. The van der Waals surface area contributed by atoms with Gasteiger partial charge in [-0.25, -0.2) is 0 Å². The number of carbonyl (C=O) groups is 1.